The van der Waals surface area contributed by atoms with Gasteiger partial charge in [-0.15, -0.1) is 0 Å². The number of esters is 1. The van der Waals surface area contributed by atoms with E-state index in [0.29, 0.717) is 18.5 Å². The van der Waals surface area contributed by atoms with Crippen molar-refractivity contribution in [2.75, 3.05) is 39.8 Å². The summed E-state index contributed by atoms with van der Waals surface area (Å²) in [5.74, 6) is -4.41. The lowest BCUT2D eigenvalue weighted by atomic mass is 9.96. The Hall–Kier alpha value is -4.57. The van der Waals surface area contributed by atoms with Crippen molar-refractivity contribution >= 4 is 56.3 Å². The first-order valence-electron chi connectivity index (χ1n) is 14.7. The van der Waals surface area contributed by atoms with E-state index in [4.69, 9.17) is 21.0 Å². The van der Waals surface area contributed by atoms with Crippen LogP contribution >= 0.6 is 0 Å². The highest BCUT2D eigenvalue weighted by Crippen LogP contribution is 2.21. The fourth-order valence-electron chi connectivity index (χ4n) is 5.31. The van der Waals surface area contributed by atoms with Crippen molar-refractivity contribution in [1.82, 2.24) is 19.8 Å². The standard InChI is InChI=1S/C28H36N6O7S.C2H4O2/c1-41-27(38)22-17-33(12-10-24(22)35)25(36)14-23(26(37)31-15-18-5-4-11-34(16-18)28(29)30)32-42(39,40)21-9-8-19-6-2-3-7-20(19)13-21;1-2(3)4/h2-3,6-9,13,18,22-23,32H,4-5,10-12,14-17H2,1H3,(H3,29,30)(H,31,37);1H3,(H,3,4)/t18-,22?,23+;/m0./s1. The second kappa shape index (κ2) is 16.1. The van der Waals surface area contributed by atoms with Crippen LogP contribution in [0, 0.1) is 17.2 Å². The fraction of sp³-hybridized carbons (Fsp3) is 0.467. The smallest absolute Gasteiger partial charge is 0.318 e. The number of aliphatic carboxylic acids is 1. The molecule has 0 spiro atoms. The molecule has 3 atom stereocenters. The number of carboxylic acids is 1. The SMILES string of the molecule is CC(=O)O.COC(=O)C1CN(C(=O)C[C@@H](NS(=O)(=O)c2ccc3ccccc3c2)C(=O)NC[C@@H]2CCCN(C(=N)N)C2)CCC1=O. The van der Waals surface area contributed by atoms with E-state index in [2.05, 4.69) is 14.8 Å². The van der Waals surface area contributed by atoms with Crippen molar-refractivity contribution in [3.8, 4) is 0 Å². The Labute approximate surface area is 267 Å². The lowest BCUT2D eigenvalue weighted by Gasteiger charge is -2.33. The van der Waals surface area contributed by atoms with E-state index in [-0.39, 0.29) is 48.6 Å². The van der Waals surface area contributed by atoms with Crippen LogP contribution in [0.2, 0.25) is 0 Å². The summed E-state index contributed by atoms with van der Waals surface area (Å²) in [6.07, 6.45) is 0.989. The first-order valence-corrected chi connectivity index (χ1v) is 16.2. The number of ether oxygens (including phenoxy) is 1. The van der Waals surface area contributed by atoms with Gasteiger partial charge in [0, 0.05) is 46.1 Å². The fourth-order valence-corrected chi connectivity index (χ4v) is 6.54. The Kier molecular flexibility index (Phi) is 12.6. The summed E-state index contributed by atoms with van der Waals surface area (Å²) in [4.78, 5) is 62.9. The summed E-state index contributed by atoms with van der Waals surface area (Å²) in [5, 5.41) is 19.4. The van der Waals surface area contributed by atoms with Crippen LogP contribution < -0.4 is 15.8 Å². The van der Waals surface area contributed by atoms with Gasteiger partial charge in [0.05, 0.1) is 18.4 Å². The lowest BCUT2D eigenvalue weighted by molar-refractivity contribution is -0.153. The zero-order chi connectivity index (χ0) is 34.0. The number of nitrogens with two attached hydrogens (primary N) is 1. The van der Waals surface area contributed by atoms with Crippen molar-refractivity contribution in [3.05, 3.63) is 42.5 Å². The summed E-state index contributed by atoms with van der Waals surface area (Å²) in [7, 11) is -3.08. The van der Waals surface area contributed by atoms with E-state index in [1.54, 1.807) is 23.1 Å². The summed E-state index contributed by atoms with van der Waals surface area (Å²) < 4.78 is 33.9. The van der Waals surface area contributed by atoms with E-state index in [9.17, 15) is 27.6 Å². The van der Waals surface area contributed by atoms with Gasteiger partial charge in [-0.25, -0.2) is 8.42 Å². The molecule has 0 aliphatic carbocycles. The third kappa shape index (κ3) is 9.97. The van der Waals surface area contributed by atoms with Gasteiger partial charge in [0.1, 0.15) is 12.0 Å². The normalized spacial score (nSPS) is 19.0. The molecule has 2 fully saturated rings. The van der Waals surface area contributed by atoms with E-state index in [0.717, 1.165) is 32.3 Å². The van der Waals surface area contributed by atoms with Gasteiger partial charge in [-0.1, -0.05) is 30.3 Å². The number of Topliss-reactive ketones (excluding diaryl/α,β-unsaturated/α-hetero) is 1. The summed E-state index contributed by atoms with van der Waals surface area (Å²) in [6, 6.07) is 10.3. The number of fused-ring (bicyclic) bond motifs is 1. The summed E-state index contributed by atoms with van der Waals surface area (Å²) in [5.41, 5.74) is 5.62. The zero-order valence-corrected chi connectivity index (χ0v) is 26.5. The molecule has 2 aliphatic rings. The van der Waals surface area contributed by atoms with Crippen molar-refractivity contribution in [2.45, 2.75) is 43.5 Å². The van der Waals surface area contributed by atoms with Crippen LogP contribution in [-0.4, -0.2) is 105 Å². The second-order valence-electron chi connectivity index (χ2n) is 11.1. The number of sulfonamides is 1. The number of carboxylic acid groups (broad SMARTS) is 1. The average molecular weight is 661 g/mol. The highest BCUT2D eigenvalue weighted by molar-refractivity contribution is 7.89. The van der Waals surface area contributed by atoms with E-state index >= 15 is 0 Å². The Morgan fingerprint density at radius 2 is 1.76 bits per heavy atom. The number of guanidine groups is 1. The number of carbonyl (C=O) groups is 5. The van der Waals surface area contributed by atoms with Gasteiger partial charge in [-0.2, -0.15) is 4.72 Å². The molecule has 2 heterocycles. The van der Waals surface area contributed by atoms with Crippen molar-refractivity contribution < 1.29 is 42.2 Å². The summed E-state index contributed by atoms with van der Waals surface area (Å²) >= 11 is 0. The molecule has 2 aromatic carbocycles. The molecule has 6 N–H and O–H groups in total. The molecule has 0 radical (unpaired) electrons. The third-order valence-electron chi connectivity index (χ3n) is 7.71. The molecule has 1 unspecified atom stereocenters. The third-order valence-corrected chi connectivity index (χ3v) is 9.18. The molecular formula is C30H40N6O9S. The molecule has 15 nitrogen and oxygen atoms in total. The Bertz CT molecular complexity index is 1570. The lowest BCUT2D eigenvalue weighted by Crippen LogP contribution is -2.53. The molecule has 46 heavy (non-hydrogen) atoms. The number of nitrogens with zero attached hydrogens (tertiary/aromatic N) is 2. The molecule has 0 saturated carbocycles. The van der Waals surface area contributed by atoms with Gasteiger partial charge in [0.25, 0.3) is 5.97 Å². The largest absolute Gasteiger partial charge is 0.481 e. The van der Waals surface area contributed by atoms with E-state index in [1.807, 2.05) is 12.1 Å². The number of hydrogen-bond donors (Lipinski definition) is 5. The highest BCUT2D eigenvalue weighted by Gasteiger charge is 2.37. The van der Waals surface area contributed by atoms with Crippen molar-refractivity contribution in [2.24, 2.45) is 17.6 Å². The van der Waals surface area contributed by atoms with Crippen LogP contribution in [0.5, 0.6) is 0 Å². The average Bonchev–Trinajstić information content (AvgIpc) is 3.02. The number of hydrogen-bond acceptors (Lipinski definition) is 9. The zero-order valence-electron chi connectivity index (χ0n) is 25.7. The van der Waals surface area contributed by atoms with Crippen LogP contribution in [0.3, 0.4) is 0 Å². The minimum absolute atomic E-state index is 0.0195. The van der Waals surface area contributed by atoms with Gasteiger partial charge in [-0.05, 0) is 41.7 Å². The number of nitrogens with one attached hydrogen (secondary N) is 3. The molecular weight excluding hydrogens is 620 g/mol. The van der Waals surface area contributed by atoms with E-state index in [1.165, 1.54) is 17.0 Å². The predicted molar refractivity (Wildman–Crippen MR) is 167 cm³/mol. The first-order chi connectivity index (χ1) is 21.7. The minimum Gasteiger partial charge on any atom is -0.481 e. The van der Waals surface area contributed by atoms with Gasteiger partial charge in [0.2, 0.25) is 21.8 Å². The number of ketones is 1. The van der Waals surface area contributed by atoms with Gasteiger partial charge in [-0.3, -0.25) is 29.4 Å². The number of methoxy groups -OCH3 is 1. The highest BCUT2D eigenvalue weighted by atomic mass is 32.2. The van der Waals surface area contributed by atoms with Crippen LogP contribution in [0.25, 0.3) is 10.8 Å². The monoisotopic (exact) mass is 660 g/mol. The van der Waals surface area contributed by atoms with Crippen LogP contribution in [0.4, 0.5) is 0 Å². The maximum atomic E-state index is 13.4. The molecule has 250 valence electrons. The van der Waals surface area contributed by atoms with Gasteiger partial charge >= 0.3 is 5.97 Å². The molecule has 2 amide bonds. The Morgan fingerprint density at radius 3 is 2.41 bits per heavy atom. The predicted octanol–water partition coefficient (Wildman–Crippen LogP) is 0.280. The van der Waals surface area contributed by atoms with E-state index < -0.39 is 52.2 Å². The number of rotatable bonds is 9. The number of likely N-dealkylation sites (tertiary alicyclic amines) is 2. The van der Waals surface area contributed by atoms with Crippen LogP contribution in [0.1, 0.15) is 32.6 Å². The second-order valence-corrected chi connectivity index (χ2v) is 12.8. The number of carbonyl (C=O) groups excluding carboxylic acids is 4. The molecule has 2 saturated heterocycles. The number of benzene rings is 2. The van der Waals surface area contributed by atoms with Gasteiger partial charge in [0.15, 0.2) is 11.7 Å². The molecule has 2 aromatic rings. The van der Waals surface area contributed by atoms with Gasteiger partial charge < -0.3 is 30.7 Å². The molecule has 0 bridgehead atoms. The van der Waals surface area contributed by atoms with Crippen LogP contribution in [0.15, 0.2) is 47.4 Å². The maximum Gasteiger partial charge on any atom is 0.318 e. The van der Waals surface area contributed by atoms with Crippen LogP contribution in [-0.2, 0) is 38.7 Å². The Morgan fingerprint density at radius 1 is 1.09 bits per heavy atom. The molecule has 2 aliphatic heterocycles. The summed E-state index contributed by atoms with van der Waals surface area (Å²) in [6.45, 7) is 2.23. The van der Waals surface area contributed by atoms with Crippen molar-refractivity contribution in [3.63, 3.8) is 0 Å². The number of amides is 2. The first kappa shape index (κ1) is 35.9. The quantitative estimate of drug-likeness (QED) is 0.106. The Balaban J connectivity index is 0.00000136. The molecule has 4 rings (SSSR count). The molecule has 0 aromatic heterocycles. The minimum atomic E-state index is -4.24. The van der Waals surface area contributed by atoms with Crippen molar-refractivity contribution in [1.29, 1.82) is 5.41 Å². The topological polar surface area (TPSA) is 229 Å². The number of piperidine rings is 2. The maximum absolute atomic E-state index is 13.4. The molecule has 16 heteroatoms.